The summed E-state index contributed by atoms with van der Waals surface area (Å²) in [5.74, 6) is 0. The summed E-state index contributed by atoms with van der Waals surface area (Å²) in [6.07, 6.45) is -0.300. The lowest BCUT2D eigenvalue weighted by Crippen LogP contribution is -2.46. The molecule has 0 aliphatic carbocycles. The first kappa shape index (κ1) is 14.8. The van der Waals surface area contributed by atoms with Gasteiger partial charge in [0.05, 0.1) is 24.9 Å². The molecular weight excluding hydrogens is 258 g/mol. The second-order valence-corrected chi connectivity index (χ2v) is 6.11. The number of aromatic nitrogens is 2. The number of nitrogens with zero attached hydrogens (tertiary/aromatic N) is 2. The van der Waals surface area contributed by atoms with Gasteiger partial charge in [0.2, 0.25) is 0 Å². The molecular formula is C14H23N3O3. The van der Waals surface area contributed by atoms with Gasteiger partial charge in [0.15, 0.2) is 0 Å². The van der Waals surface area contributed by atoms with E-state index in [-0.39, 0.29) is 12.1 Å². The second-order valence-electron chi connectivity index (χ2n) is 6.11. The predicted octanol–water partition coefficient (Wildman–Crippen LogP) is 2.33. The molecule has 112 valence electrons. The molecule has 0 unspecified atom stereocenters. The molecule has 1 N–H and O–H groups in total. The van der Waals surface area contributed by atoms with Gasteiger partial charge in [0.1, 0.15) is 5.60 Å². The molecule has 1 aromatic heterocycles. The number of morpholine rings is 1. The van der Waals surface area contributed by atoms with Crippen LogP contribution in [0.4, 0.5) is 4.79 Å². The van der Waals surface area contributed by atoms with Gasteiger partial charge in [-0.1, -0.05) is 0 Å². The van der Waals surface area contributed by atoms with E-state index < -0.39 is 5.60 Å². The fourth-order valence-electron chi connectivity index (χ4n) is 2.43. The minimum absolute atomic E-state index is 0.141. The van der Waals surface area contributed by atoms with E-state index in [0.717, 1.165) is 17.0 Å². The van der Waals surface area contributed by atoms with Crippen molar-refractivity contribution in [1.29, 1.82) is 0 Å². The minimum atomic E-state index is -0.500. The molecule has 0 aromatic carbocycles. The number of hydrogen-bond acceptors (Lipinski definition) is 4. The van der Waals surface area contributed by atoms with Crippen molar-refractivity contribution in [3.8, 4) is 0 Å². The topological polar surface area (TPSA) is 67.5 Å². The van der Waals surface area contributed by atoms with E-state index in [1.807, 2.05) is 34.6 Å². The van der Waals surface area contributed by atoms with Crippen molar-refractivity contribution in [3.63, 3.8) is 0 Å². The van der Waals surface area contributed by atoms with Gasteiger partial charge in [-0.3, -0.25) is 10.00 Å². The van der Waals surface area contributed by atoms with Crippen LogP contribution in [-0.4, -0.2) is 46.6 Å². The normalized spacial score (nSPS) is 20.1. The molecule has 20 heavy (non-hydrogen) atoms. The van der Waals surface area contributed by atoms with Gasteiger partial charge in [-0.05, 0) is 34.6 Å². The standard InChI is InChI=1S/C14H23N3O3/c1-9-12(10(2)16-15-9)11-8-19-7-6-17(11)13(18)20-14(3,4)5/h11H,6-8H2,1-5H3,(H,15,16)/t11-/m0/s1. The van der Waals surface area contributed by atoms with Gasteiger partial charge in [-0.2, -0.15) is 5.10 Å². The number of ether oxygens (including phenoxy) is 2. The first-order chi connectivity index (χ1) is 9.29. The molecule has 1 saturated heterocycles. The Balaban J connectivity index is 2.24. The number of amides is 1. The molecule has 2 rings (SSSR count). The lowest BCUT2D eigenvalue weighted by Gasteiger charge is -2.36. The van der Waals surface area contributed by atoms with Gasteiger partial charge in [-0.25, -0.2) is 4.79 Å². The number of aryl methyl sites for hydroxylation is 2. The number of aromatic amines is 1. The molecule has 6 nitrogen and oxygen atoms in total. The van der Waals surface area contributed by atoms with Crippen molar-refractivity contribution >= 4 is 6.09 Å². The van der Waals surface area contributed by atoms with Crippen LogP contribution in [0.2, 0.25) is 0 Å². The van der Waals surface area contributed by atoms with Gasteiger partial charge in [-0.15, -0.1) is 0 Å². The van der Waals surface area contributed by atoms with Gasteiger partial charge in [0, 0.05) is 17.8 Å². The van der Waals surface area contributed by atoms with E-state index in [2.05, 4.69) is 10.2 Å². The summed E-state index contributed by atoms with van der Waals surface area (Å²) < 4.78 is 11.0. The highest BCUT2D eigenvalue weighted by Gasteiger charge is 2.34. The second kappa shape index (κ2) is 5.44. The summed E-state index contributed by atoms with van der Waals surface area (Å²) in [6.45, 7) is 11.0. The molecule has 1 aromatic rings. The molecule has 0 spiro atoms. The zero-order chi connectivity index (χ0) is 14.9. The van der Waals surface area contributed by atoms with Crippen molar-refractivity contribution < 1.29 is 14.3 Å². The van der Waals surface area contributed by atoms with Crippen molar-refractivity contribution in [2.75, 3.05) is 19.8 Å². The molecule has 1 atom stereocenters. The van der Waals surface area contributed by atoms with Crippen LogP contribution in [0.25, 0.3) is 0 Å². The van der Waals surface area contributed by atoms with Crippen molar-refractivity contribution in [2.45, 2.75) is 46.3 Å². The molecule has 6 heteroatoms. The van der Waals surface area contributed by atoms with Crippen LogP contribution in [-0.2, 0) is 9.47 Å². The highest BCUT2D eigenvalue weighted by Crippen LogP contribution is 2.29. The lowest BCUT2D eigenvalue weighted by atomic mass is 10.0. The summed E-state index contributed by atoms with van der Waals surface area (Å²) in [6, 6.07) is -0.141. The van der Waals surface area contributed by atoms with Crippen LogP contribution >= 0.6 is 0 Å². The Hall–Kier alpha value is -1.56. The fraction of sp³-hybridized carbons (Fsp3) is 0.714. The zero-order valence-electron chi connectivity index (χ0n) is 12.8. The Morgan fingerprint density at radius 1 is 1.45 bits per heavy atom. The number of nitrogens with one attached hydrogen (secondary N) is 1. The van der Waals surface area contributed by atoms with Crippen molar-refractivity contribution in [1.82, 2.24) is 15.1 Å². The van der Waals surface area contributed by atoms with E-state index in [1.54, 1.807) is 4.90 Å². The maximum absolute atomic E-state index is 12.4. The summed E-state index contributed by atoms with van der Waals surface area (Å²) in [4.78, 5) is 14.1. The minimum Gasteiger partial charge on any atom is -0.444 e. The Morgan fingerprint density at radius 3 is 2.70 bits per heavy atom. The van der Waals surface area contributed by atoms with E-state index in [4.69, 9.17) is 9.47 Å². The average molecular weight is 281 g/mol. The molecule has 0 radical (unpaired) electrons. The maximum atomic E-state index is 12.4. The van der Waals surface area contributed by atoms with Crippen molar-refractivity contribution in [2.24, 2.45) is 0 Å². The predicted molar refractivity (Wildman–Crippen MR) is 74.6 cm³/mol. The van der Waals surface area contributed by atoms with Crippen molar-refractivity contribution in [3.05, 3.63) is 17.0 Å². The van der Waals surface area contributed by atoms with Gasteiger partial charge in [0.25, 0.3) is 0 Å². The molecule has 1 aliphatic heterocycles. The smallest absolute Gasteiger partial charge is 0.410 e. The van der Waals surface area contributed by atoms with E-state index in [9.17, 15) is 4.79 Å². The SMILES string of the molecule is Cc1n[nH]c(C)c1[C@@H]1COCCN1C(=O)OC(C)(C)C. The first-order valence-electron chi connectivity index (χ1n) is 6.88. The Bertz CT molecular complexity index is 471. The Kier molecular flexibility index (Phi) is 4.04. The number of rotatable bonds is 1. The summed E-state index contributed by atoms with van der Waals surface area (Å²) in [5.41, 5.74) is 2.38. The summed E-state index contributed by atoms with van der Waals surface area (Å²) in [5, 5.41) is 7.16. The number of carbonyl (C=O) groups excluding carboxylic acids is 1. The van der Waals surface area contributed by atoms with Crippen LogP contribution in [0, 0.1) is 13.8 Å². The largest absolute Gasteiger partial charge is 0.444 e. The quantitative estimate of drug-likeness (QED) is 0.858. The number of H-pyrrole nitrogens is 1. The summed E-state index contributed by atoms with van der Waals surface area (Å²) >= 11 is 0. The van der Waals surface area contributed by atoms with Crippen LogP contribution in [0.3, 0.4) is 0 Å². The monoisotopic (exact) mass is 281 g/mol. The van der Waals surface area contributed by atoms with Gasteiger partial charge < -0.3 is 9.47 Å². The number of hydrogen-bond donors (Lipinski definition) is 1. The zero-order valence-corrected chi connectivity index (χ0v) is 12.8. The van der Waals surface area contributed by atoms with Crippen LogP contribution < -0.4 is 0 Å². The Labute approximate surface area is 119 Å². The van der Waals surface area contributed by atoms with E-state index >= 15 is 0 Å². The third kappa shape index (κ3) is 3.12. The summed E-state index contributed by atoms with van der Waals surface area (Å²) in [7, 11) is 0. The highest BCUT2D eigenvalue weighted by atomic mass is 16.6. The fourth-order valence-corrected chi connectivity index (χ4v) is 2.43. The Morgan fingerprint density at radius 2 is 2.15 bits per heavy atom. The highest BCUT2D eigenvalue weighted by molar-refractivity contribution is 5.69. The molecule has 1 aliphatic rings. The third-order valence-electron chi connectivity index (χ3n) is 3.27. The van der Waals surface area contributed by atoms with E-state index in [0.29, 0.717) is 19.8 Å². The first-order valence-corrected chi connectivity index (χ1v) is 6.88. The lowest BCUT2D eigenvalue weighted by molar-refractivity contribution is -0.0333. The molecule has 0 bridgehead atoms. The van der Waals surface area contributed by atoms with Crippen LogP contribution in [0.15, 0.2) is 0 Å². The molecule has 1 amide bonds. The molecule has 1 fully saturated rings. The van der Waals surface area contributed by atoms with E-state index in [1.165, 1.54) is 0 Å². The third-order valence-corrected chi connectivity index (χ3v) is 3.27. The molecule has 0 saturated carbocycles. The van der Waals surface area contributed by atoms with Crippen LogP contribution in [0.5, 0.6) is 0 Å². The molecule has 2 heterocycles. The maximum Gasteiger partial charge on any atom is 0.410 e. The average Bonchev–Trinajstić information content (AvgIpc) is 2.67. The van der Waals surface area contributed by atoms with Gasteiger partial charge >= 0.3 is 6.09 Å². The number of carbonyl (C=O) groups is 1. The van der Waals surface area contributed by atoms with Crippen LogP contribution in [0.1, 0.15) is 43.8 Å².